The SMILES string of the molecule is CN(Cc1cc(Cl)ccc1Cl)C1CCC(N)CC1. The molecule has 1 saturated carbocycles. The monoisotopic (exact) mass is 286 g/mol. The summed E-state index contributed by atoms with van der Waals surface area (Å²) in [5.41, 5.74) is 7.04. The average Bonchev–Trinajstić information content (AvgIpc) is 2.34. The lowest BCUT2D eigenvalue weighted by Gasteiger charge is -2.33. The molecule has 0 aromatic heterocycles. The molecule has 0 saturated heterocycles. The Bertz CT molecular complexity index is 401. The zero-order valence-electron chi connectivity index (χ0n) is 10.7. The number of nitrogens with zero attached hydrogens (tertiary/aromatic N) is 1. The highest BCUT2D eigenvalue weighted by Gasteiger charge is 2.22. The van der Waals surface area contributed by atoms with Crippen molar-refractivity contribution in [2.45, 2.75) is 44.3 Å². The number of halogens is 2. The summed E-state index contributed by atoms with van der Waals surface area (Å²) < 4.78 is 0. The number of rotatable bonds is 3. The van der Waals surface area contributed by atoms with Crippen LogP contribution in [0, 0.1) is 0 Å². The van der Waals surface area contributed by atoms with Crippen molar-refractivity contribution in [3.05, 3.63) is 33.8 Å². The molecular formula is C14H20Cl2N2. The Hall–Kier alpha value is -0.280. The molecular weight excluding hydrogens is 267 g/mol. The average molecular weight is 287 g/mol. The van der Waals surface area contributed by atoms with Crippen molar-refractivity contribution >= 4 is 23.2 Å². The molecule has 0 radical (unpaired) electrons. The Morgan fingerprint density at radius 2 is 1.89 bits per heavy atom. The minimum absolute atomic E-state index is 0.393. The molecule has 0 atom stereocenters. The summed E-state index contributed by atoms with van der Waals surface area (Å²) in [6.45, 7) is 0.847. The third-order valence-electron chi connectivity index (χ3n) is 3.79. The highest BCUT2D eigenvalue weighted by Crippen LogP contribution is 2.26. The second kappa shape index (κ2) is 6.25. The van der Waals surface area contributed by atoms with Crippen LogP contribution in [-0.2, 0) is 6.54 Å². The smallest absolute Gasteiger partial charge is 0.0452 e. The summed E-state index contributed by atoms with van der Waals surface area (Å²) in [6, 6.07) is 6.65. The van der Waals surface area contributed by atoms with Gasteiger partial charge in [0, 0.05) is 28.7 Å². The maximum Gasteiger partial charge on any atom is 0.0452 e. The third-order valence-corrected chi connectivity index (χ3v) is 4.40. The van der Waals surface area contributed by atoms with Crippen LogP contribution in [-0.4, -0.2) is 24.0 Å². The van der Waals surface area contributed by atoms with Gasteiger partial charge in [-0.3, -0.25) is 4.90 Å². The van der Waals surface area contributed by atoms with Gasteiger partial charge in [0.1, 0.15) is 0 Å². The van der Waals surface area contributed by atoms with E-state index in [9.17, 15) is 0 Å². The van der Waals surface area contributed by atoms with Crippen LogP contribution in [0.5, 0.6) is 0 Å². The maximum atomic E-state index is 6.20. The van der Waals surface area contributed by atoms with Gasteiger partial charge in [-0.1, -0.05) is 23.2 Å². The van der Waals surface area contributed by atoms with Gasteiger partial charge < -0.3 is 5.73 Å². The van der Waals surface area contributed by atoms with Crippen molar-refractivity contribution < 1.29 is 0 Å². The van der Waals surface area contributed by atoms with Gasteiger partial charge >= 0.3 is 0 Å². The van der Waals surface area contributed by atoms with Gasteiger partial charge in [-0.2, -0.15) is 0 Å². The van der Waals surface area contributed by atoms with E-state index in [2.05, 4.69) is 11.9 Å². The van der Waals surface area contributed by atoms with E-state index in [1.54, 1.807) is 0 Å². The van der Waals surface area contributed by atoms with Gasteiger partial charge in [-0.25, -0.2) is 0 Å². The van der Waals surface area contributed by atoms with Crippen molar-refractivity contribution in [3.8, 4) is 0 Å². The minimum atomic E-state index is 0.393. The Morgan fingerprint density at radius 1 is 1.22 bits per heavy atom. The lowest BCUT2D eigenvalue weighted by Crippen LogP contribution is -2.38. The molecule has 100 valence electrons. The van der Waals surface area contributed by atoms with Crippen LogP contribution in [0.4, 0.5) is 0 Å². The number of hydrogen-bond donors (Lipinski definition) is 1. The van der Waals surface area contributed by atoms with E-state index in [-0.39, 0.29) is 0 Å². The summed E-state index contributed by atoms with van der Waals surface area (Å²) in [6.07, 6.45) is 4.60. The molecule has 0 amide bonds. The molecule has 1 fully saturated rings. The number of nitrogens with two attached hydrogens (primary N) is 1. The lowest BCUT2D eigenvalue weighted by molar-refractivity contribution is 0.176. The van der Waals surface area contributed by atoms with E-state index in [0.717, 1.165) is 35.0 Å². The molecule has 1 aliphatic rings. The molecule has 0 unspecified atom stereocenters. The van der Waals surface area contributed by atoms with E-state index in [0.29, 0.717) is 12.1 Å². The van der Waals surface area contributed by atoms with Crippen LogP contribution < -0.4 is 5.73 Å². The van der Waals surface area contributed by atoms with Gasteiger partial charge in [-0.15, -0.1) is 0 Å². The molecule has 2 nitrogen and oxygen atoms in total. The first-order valence-electron chi connectivity index (χ1n) is 6.46. The first-order chi connectivity index (χ1) is 8.56. The molecule has 0 spiro atoms. The van der Waals surface area contributed by atoms with Gasteiger partial charge in [0.15, 0.2) is 0 Å². The molecule has 18 heavy (non-hydrogen) atoms. The maximum absolute atomic E-state index is 6.20. The molecule has 1 aromatic rings. The van der Waals surface area contributed by atoms with E-state index >= 15 is 0 Å². The van der Waals surface area contributed by atoms with Crippen molar-refractivity contribution in [3.63, 3.8) is 0 Å². The van der Waals surface area contributed by atoms with Crippen molar-refractivity contribution in [1.29, 1.82) is 0 Å². The Labute approximate surface area is 119 Å². The van der Waals surface area contributed by atoms with Gasteiger partial charge in [0.2, 0.25) is 0 Å². The molecule has 2 rings (SSSR count). The van der Waals surface area contributed by atoms with E-state index in [1.165, 1.54) is 12.8 Å². The second-order valence-corrected chi connectivity index (χ2v) is 6.06. The van der Waals surface area contributed by atoms with Crippen LogP contribution in [0.3, 0.4) is 0 Å². The summed E-state index contributed by atoms with van der Waals surface area (Å²) in [5, 5.41) is 1.53. The van der Waals surface area contributed by atoms with Crippen LogP contribution in [0.1, 0.15) is 31.2 Å². The third kappa shape index (κ3) is 3.61. The summed E-state index contributed by atoms with van der Waals surface area (Å²) in [5.74, 6) is 0. The fourth-order valence-electron chi connectivity index (χ4n) is 2.60. The van der Waals surface area contributed by atoms with E-state index in [4.69, 9.17) is 28.9 Å². The summed E-state index contributed by atoms with van der Waals surface area (Å²) in [4.78, 5) is 2.36. The minimum Gasteiger partial charge on any atom is -0.328 e. The molecule has 1 aliphatic carbocycles. The Balaban J connectivity index is 1.98. The first-order valence-corrected chi connectivity index (χ1v) is 7.21. The quantitative estimate of drug-likeness (QED) is 0.918. The Kier molecular flexibility index (Phi) is 4.91. The van der Waals surface area contributed by atoms with Gasteiger partial charge in [0.05, 0.1) is 0 Å². The van der Waals surface area contributed by atoms with Crippen molar-refractivity contribution in [2.75, 3.05) is 7.05 Å². The van der Waals surface area contributed by atoms with Crippen LogP contribution >= 0.6 is 23.2 Å². The first kappa shape index (κ1) is 14.1. The predicted octanol–water partition coefficient (Wildman–Crippen LogP) is 3.70. The number of benzene rings is 1. The normalized spacial score (nSPS) is 24.5. The van der Waals surface area contributed by atoms with E-state index < -0.39 is 0 Å². The van der Waals surface area contributed by atoms with Crippen LogP contribution in [0.2, 0.25) is 10.0 Å². The lowest BCUT2D eigenvalue weighted by atomic mass is 9.91. The zero-order valence-corrected chi connectivity index (χ0v) is 12.2. The largest absolute Gasteiger partial charge is 0.328 e. The fourth-order valence-corrected chi connectivity index (χ4v) is 2.98. The van der Waals surface area contributed by atoms with Gasteiger partial charge in [0.25, 0.3) is 0 Å². The standard InChI is InChI=1S/C14H20Cl2N2/c1-18(13-5-3-12(17)4-6-13)9-10-8-11(15)2-7-14(10)16/h2,7-8,12-13H,3-6,9,17H2,1H3. The summed E-state index contributed by atoms with van der Waals surface area (Å²) >= 11 is 12.2. The van der Waals surface area contributed by atoms with Crippen LogP contribution in [0.15, 0.2) is 18.2 Å². The molecule has 1 aromatic carbocycles. The highest BCUT2D eigenvalue weighted by atomic mass is 35.5. The van der Waals surface area contributed by atoms with E-state index in [1.807, 2.05) is 18.2 Å². The van der Waals surface area contributed by atoms with Crippen molar-refractivity contribution in [1.82, 2.24) is 4.90 Å². The summed E-state index contributed by atoms with van der Waals surface area (Å²) in [7, 11) is 2.15. The topological polar surface area (TPSA) is 29.3 Å². The van der Waals surface area contributed by atoms with Crippen molar-refractivity contribution in [2.24, 2.45) is 5.73 Å². The number of hydrogen-bond acceptors (Lipinski definition) is 2. The molecule has 4 heteroatoms. The molecule has 0 aliphatic heterocycles. The Morgan fingerprint density at radius 3 is 2.56 bits per heavy atom. The molecule has 0 bridgehead atoms. The predicted molar refractivity (Wildman–Crippen MR) is 78.2 cm³/mol. The second-order valence-electron chi connectivity index (χ2n) is 5.22. The fraction of sp³-hybridized carbons (Fsp3) is 0.571. The highest BCUT2D eigenvalue weighted by molar-refractivity contribution is 6.33. The molecule has 2 N–H and O–H groups in total. The molecule has 0 heterocycles. The van der Waals surface area contributed by atoms with Crippen LogP contribution in [0.25, 0.3) is 0 Å². The zero-order chi connectivity index (χ0) is 13.1. The van der Waals surface area contributed by atoms with Gasteiger partial charge in [-0.05, 0) is 56.5 Å².